The number of aliphatic imine (C=N–C) groups is 1. The molecule has 2 aliphatic rings. The van der Waals surface area contributed by atoms with E-state index in [2.05, 4.69) is 20.4 Å². The minimum absolute atomic E-state index is 0.0200. The van der Waals surface area contributed by atoms with Crippen LogP contribution in [0, 0.1) is 5.82 Å². The maximum Gasteiger partial charge on any atom is 0.414 e. The Morgan fingerprint density at radius 1 is 1.34 bits per heavy atom. The summed E-state index contributed by atoms with van der Waals surface area (Å²) in [4.78, 5) is 30.7. The van der Waals surface area contributed by atoms with Gasteiger partial charge in [-0.05, 0) is 31.0 Å². The zero-order valence-corrected chi connectivity index (χ0v) is 17.2. The smallest absolute Gasteiger partial charge is 0.414 e. The minimum Gasteiger partial charge on any atom is -0.442 e. The molecule has 4 rings (SSSR count). The van der Waals surface area contributed by atoms with Crippen LogP contribution in [-0.4, -0.2) is 71.1 Å². The predicted octanol–water partition coefficient (Wildman–Crippen LogP) is 0.996. The summed E-state index contributed by atoms with van der Waals surface area (Å²) in [6.07, 6.45) is 5.65. The average molecular weight is 442 g/mol. The summed E-state index contributed by atoms with van der Waals surface area (Å²) in [6, 6.07) is 4.77. The molecule has 0 saturated carbocycles. The van der Waals surface area contributed by atoms with Crippen LogP contribution >= 0.6 is 0 Å². The van der Waals surface area contributed by atoms with E-state index in [1.54, 1.807) is 29.2 Å². The lowest BCUT2D eigenvalue weighted by Crippen LogP contribution is -2.36. The van der Waals surface area contributed by atoms with Crippen molar-refractivity contribution in [3.05, 3.63) is 36.4 Å². The molecule has 0 bridgehead atoms. The molecule has 2 N–H and O–H groups in total. The Balaban J connectivity index is 1.37. The van der Waals surface area contributed by atoms with Gasteiger partial charge in [-0.15, -0.1) is 5.10 Å². The number of rotatable bonds is 7. The zero-order valence-electron chi connectivity index (χ0n) is 17.2. The van der Waals surface area contributed by atoms with Crippen LogP contribution in [0.3, 0.4) is 0 Å². The van der Waals surface area contributed by atoms with E-state index in [4.69, 9.17) is 10.6 Å². The minimum atomic E-state index is -0.517. The predicted molar refractivity (Wildman–Crippen MR) is 115 cm³/mol. The largest absolute Gasteiger partial charge is 0.442 e. The Labute approximate surface area is 183 Å². The van der Waals surface area contributed by atoms with Gasteiger partial charge in [0.1, 0.15) is 17.6 Å². The van der Waals surface area contributed by atoms with E-state index >= 15 is 0 Å². The normalized spacial score (nSPS) is 20.2. The number of cyclic esters (lactones) is 1. The van der Waals surface area contributed by atoms with Crippen LogP contribution in [0.4, 0.5) is 20.6 Å². The number of nitrogens with zero attached hydrogens (tertiary/aromatic N) is 7. The number of halogens is 1. The molecule has 1 aromatic carbocycles. The van der Waals surface area contributed by atoms with Crippen LogP contribution < -0.4 is 15.6 Å². The monoisotopic (exact) mass is 442 g/mol. The number of carbonyl (C=O) groups excluding carboxylic acids is 2. The standard InChI is InChI=1S/C20H23FN8O3/c21-18-9-16(29-12-17(32-20(29)31)11-28-8-5-24-26-28)1-2-19(18)27-6-3-14(4-7-27)23-10-15(13-30)25-22/h1-2,5,8-10,13-14,17H,3-4,6-7,11-12,22H2/t17-/m0/s1. The van der Waals surface area contributed by atoms with Gasteiger partial charge in [0.2, 0.25) is 0 Å². The van der Waals surface area contributed by atoms with Crippen LogP contribution in [0.2, 0.25) is 0 Å². The molecule has 32 heavy (non-hydrogen) atoms. The Bertz CT molecular complexity index is 1020. The molecule has 1 amide bonds. The first-order valence-electron chi connectivity index (χ1n) is 10.2. The van der Waals surface area contributed by atoms with Crippen molar-refractivity contribution in [3.8, 4) is 0 Å². The van der Waals surface area contributed by atoms with Gasteiger partial charge in [-0.1, -0.05) is 5.21 Å². The summed E-state index contributed by atoms with van der Waals surface area (Å²) >= 11 is 0. The number of nitrogens with two attached hydrogens (primary N) is 1. The van der Waals surface area contributed by atoms with Gasteiger partial charge in [-0.2, -0.15) is 5.10 Å². The lowest BCUT2D eigenvalue weighted by atomic mass is 10.0. The highest BCUT2D eigenvalue weighted by Gasteiger charge is 2.33. The Morgan fingerprint density at radius 2 is 2.16 bits per heavy atom. The van der Waals surface area contributed by atoms with Gasteiger partial charge < -0.3 is 15.5 Å². The molecular weight excluding hydrogens is 419 g/mol. The van der Waals surface area contributed by atoms with Gasteiger partial charge in [-0.25, -0.2) is 13.9 Å². The summed E-state index contributed by atoms with van der Waals surface area (Å²) in [7, 11) is 0. The fraction of sp³-hybridized carbons (Fsp3) is 0.400. The van der Waals surface area contributed by atoms with E-state index in [1.165, 1.54) is 17.2 Å². The Kier molecular flexibility index (Phi) is 6.38. The van der Waals surface area contributed by atoms with E-state index in [9.17, 15) is 14.0 Å². The molecule has 0 unspecified atom stereocenters. The lowest BCUT2D eigenvalue weighted by molar-refractivity contribution is -0.102. The molecule has 2 saturated heterocycles. The molecule has 168 valence electrons. The number of aromatic nitrogens is 3. The summed E-state index contributed by atoms with van der Waals surface area (Å²) in [5.41, 5.74) is 0.998. The number of piperidine rings is 1. The first kappa shape index (κ1) is 21.4. The molecule has 2 fully saturated rings. The zero-order chi connectivity index (χ0) is 22.5. The van der Waals surface area contributed by atoms with Crippen molar-refractivity contribution in [3.63, 3.8) is 0 Å². The molecule has 1 atom stereocenters. The number of hydrazone groups is 1. The molecule has 0 spiro atoms. The third-order valence-corrected chi connectivity index (χ3v) is 5.47. The van der Waals surface area contributed by atoms with Gasteiger partial charge in [0, 0.05) is 19.3 Å². The number of ether oxygens (including phenoxy) is 1. The molecule has 1 aromatic heterocycles. The van der Waals surface area contributed by atoms with Crippen molar-refractivity contribution < 1.29 is 18.7 Å². The summed E-state index contributed by atoms with van der Waals surface area (Å²) < 4.78 is 21.9. The van der Waals surface area contributed by atoms with Crippen LogP contribution in [0.25, 0.3) is 0 Å². The molecule has 11 nitrogen and oxygen atoms in total. The fourth-order valence-corrected chi connectivity index (χ4v) is 3.82. The van der Waals surface area contributed by atoms with Crippen LogP contribution in [0.1, 0.15) is 12.8 Å². The molecule has 12 heteroatoms. The lowest BCUT2D eigenvalue weighted by Gasteiger charge is -2.32. The topological polar surface area (TPSA) is 131 Å². The molecule has 2 aromatic rings. The molecular formula is C20H23FN8O3. The van der Waals surface area contributed by atoms with Gasteiger partial charge in [0.05, 0.1) is 42.9 Å². The summed E-state index contributed by atoms with van der Waals surface area (Å²) in [5.74, 6) is 4.69. The highest BCUT2D eigenvalue weighted by Crippen LogP contribution is 2.30. The van der Waals surface area contributed by atoms with Crippen molar-refractivity contribution in [2.45, 2.75) is 31.5 Å². The van der Waals surface area contributed by atoms with Crippen molar-refractivity contribution in [2.75, 3.05) is 29.4 Å². The molecule has 0 aliphatic carbocycles. The summed E-state index contributed by atoms with van der Waals surface area (Å²) in [6.45, 7) is 1.90. The number of amides is 1. The Morgan fingerprint density at radius 3 is 2.81 bits per heavy atom. The molecule has 3 heterocycles. The van der Waals surface area contributed by atoms with Gasteiger partial charge in [-0.3, -0.25) is 14.7 Å². The molecule has 2 aliphatic heterocycles. The van der Waals surface area contributed by atoms with Crippen molar-refractivity contribution in [2.24, 2.45) is 15.9 Å². The van der Waals surface area contributed by atoms with Crippen LogP contribution in [-0.2, 0) is 16.1 Å². The first-order valence-corrected chi connectivity index (χ1v) is 10.2. The second kappa shape index (κ2) is 9.54. The third kappa shape index (κ3) is 4.74. The number of carbonyl (C=O) groups is 2. The average Bonchev–Trinajstić information content (AvgIpc) is 3.44. The highest BCUT2D eigenvalue weighted by molar-refractivity contribution is 6.54. The van der Waals surface area contributed by atoms with E-state index in [-0.39, 0.29) is 11.8 Å². The van der Waals surface area contributed by atoms with Crippen LogP contribution in [0.5, 0.6) is 0 Å². The van der Waals surface area contributed by atoms with Gasteiger partial charge >= 0.3 is 6.09 Å². The third-order valence-electron chi connectivity index (χ3n) is 5.47. The highest BCUT2D eigenvalue weighted by atomic mass is 19.1. The number of anilines is 2. The maximum atomic E-state index is 14.9. The van der Waals surface area contributed by atoms with E-state index < -0.39 is 18.0 Å². The van der Waals surface area contributed by atoms with E-state index in [0.717, 1.165) is 0 Å². The maximum absolute atomic E-state index is 14.9. The van der Waals surface area contributed by atoms with Crippen molar-refractivity contribution in [1.82, 2.24) is 15.0 Å². The van der Waals surface area contributed by atoms with E-state index in [0.29, 0.717) is 56.7 Å². The number of aldehydes is 1. The first-order chi connectivity index (χ1) is 15.6. The van der Waals surface area contributed by atoms with Gasteiger partial charge in [0.15, 0.2) is 6.29 Å². The summed E-state index contributed by atoms with van der Waals surface area (Å²) in [5, 5.41) is 10.9. The second-order valence-electron chi connectivity index (χ2n) is 7.55. The number of hydrogen-bond acceptors (Lipinski definition) is 9. The number of benzene rings is 1. The second-order valence-corrected chi connectivity index (χ2v) is 7.55. The van der Waals surface area contributed by atoms with E-state index in [1.807, 2.05) is 4.90 Å². The van der Waals surface area contributed by atoms with Gasteiger partial charge in [0.25, 0.3) is 0 Å². The van der Waals surface area contributed by atoms with Crippen LogP contribution in [0.15, 0.2) is 40.7 Å². The molecule has 0 radical (unpaired) electrons. The Hall–Kier alpha value is -3.83. The quantitative estimate of drug-likeness (QED) is 0.293. The fourth-order valence-electron chi connectivity index (χ4n) is 3.82. The van der Waals surface area contributed by atoms with Crippen molar-refractivity contribution >= 4 is 35.7 Å². The SMILES string of the molecule is NN=C(C=O)C=NC1CCN(c2ccc(N3C[C@H](Cn4ccnn4)OC3=O)cc2F)CC1. The number of hydrogen-bond donors (Lipinski definition) is 1. The van der Waals surface area contributed by atoms with Crippen molar-refractivity contribution in [1.29, 1.82) is 0 Å².